The van der Waals surface area contributed by atoms with Crippen LogP contribution in [0.15, 0.2) is 35.6 Å². The molecule has 25 heavy (non-hydrogen) atoms. The zero-order valence-electron chi connectivity index (χ0n) is 15.0. The molecule has 1 aromatic rings. The first-order valence-corrected chi connectivity index (χ1v) is 8.39. The third-order valence-corrected chi connectivity index (χ3v) is 4.06. The van der Waals surface area contributed by atoms with Crippen LogP contribution in [-0.4, -0.2) is 41.0 Å². The van der Waals surface area contributed by atoms with Gasteiger partial charge in [-0.1, -0.05) is 26.0 Å². The predicted octanol–water partition coefficient (Wildman–Crippen LogP) is 3.17. The lowest BCUT2D eigenvalue weighted by atomic mass is 9.91. The Bertz CT molecular complexity index is 679. The average molecular weight is 349 g/mol. The Morgan fingerprint density at radius 2 is 1.84 bits per heavy atom. The van der Waals surface area contributed by atoms with Crippen molar-refractivity contribution in [3.63, 3.8) is 0 Å². The summed E-state index contributed by atoms with van der Waals surface area (Å²) in [6, 6.07) is 4.86. The minimum absolute atomic E-state index is 0.000277. The van der Waals surface area contributed by atoms with Crippen LogP contribution in [0.2, 0.25) is 0 Å². The van der Waals surface area contributed by atoms with Crippen LogP contribution in [0.5, 0.6) is 0 Å². The SMILES string of the molecule is CC(C)OCCN1C(=O)C(O)=C(C(=O)C(C)C)C1c1ccc(F)cc1. The molecule has 1 amide bonds. The maximum Gasteiger partial charge on any atom is 0.290 e. The number of nitrogens with zero attached hydrogens (tertiary/aromatic N) is 1. The maximum absolute atomic E-state index is 13.3. The van der Waals surface area contributed by atoms with Gasteiger partial charge in [0.15, 0.2) is 11.5 Å². The van der Waals surface area contributed by atoms with Crippen LogP contribution in [0.1, 0.15) is 39.3 Å². The summed E-state index contributed by atoms with van der Waals surface area (Å²) < 4.78 is 18.8. The molecule has 1 N–H and O–H groups in total. The minimum atomic E-state index is -0.737. The Balaban J connectivity index is 2.40. The first kappa shape index (κ1) is 19.1. The van der Waals surface area contributed by atoms with Crippen LogP contribution in [0.3, 0.4) is 0 Å². The van der Waals surface area contributed by atoms with E-state index in [2.05, 4.69) is 0 Å². The van der Waals surface area contributed by atoms with Crippen LogP contribution in [0.4, 0.5) is 4.39 Å². The summed E-state index contributed by atoms with van der Waals surface area (Å²) in [5.41, 5.74) is 0.642. The predicted molar refractivity (Wildman–Crippen MR) is 91.4 cm³/mol. The largest absolute Gasteiger partial charge is 0.503 e. The van der Waals surface area contributed by atoms with E-state index in [-0.39, 0.29) is 36.5 Å². The normalized spacial score (nSPS) is 18.0. The molecular weight excluding hydrogens is 325 g/mol. The van der Waals surface area contributed by atoms with Crippen LogP contribution in [0.25, 0.3) is 0 Å². The van der Waals surface area contributed by atoms with Crippen molar-refractivity contribution >= 4 is 11.7 Å². The first-order valence-electron chi connectivity index (χ1n) is 8.39. The van der Waals surface area contributed by atoms with Gasteiger partial charge in [-0.05, 0) is 31.5 Å². The van der Waals surface area contributed by atoms with E-state index in [9.17, 15) is 19.1 Å². The third kappa shape index (κ3) is 4.07. The molecule has 1 unspecified atom stereocenters. The van der Waals surface area contributed by atoms with Crippen molar-refractivity contribution in [2.75, 3.05) is 13.2 Å². The van der Waals surface area contributed by atoms with E-state index in [0.29, 0.717) is 5.56 Å². The number of amides is 1. The highest BCUT2D eigenvalue weighted by molar-refractivity contribution is 6.09. The molecule has 0 bridgehead atoms. The molecule has 0 aliphatic carbocycles. The van der Waals surface area contributed by atoms with Gasteiger partial charge in [0.1, 0.15) is 5.82 Å². The lowest BCUT2D eigenvalue weighted by Gasteiger charge is -2.27. The van der Waals surface area contributed by atoms with Gasteiger partial charge in [-0.3, -0.25) is 9.59 Å². The molecule has 0 radical (unpaired) electrons. The highest BCUT2D eigenvalue weighted by Crippen LogP contribution is 2.38. The lowest BCUT2D eigenvalue weighted by molar-refractivity contribution is -0.130. The fraction of sp³-hybridized carbons (Fsp3) is 0.474. The summed E-state index contributed by atoms with van der Waals surface area (Å²) >= 11 is 0. The Kier molecular flexibility index (Phi) is 5.95. The Labute approximate surface area is 147 Å². The Hall–Kier alpha value is -2.21. The van der Waals surface area contributed by atoms with Crippen LogP contribution in [0, 0.1) is 11.7 Å². The Morgan fingerprint density at radius 1 is 1.24 bits per heavy atom. The molecule has 5 nitrogen and oxygen atoms in total. The second kappa shape index (κ2) is 7.78. The zero-order chi connectivity index (χ0) is 18.7. The molecule has 0 fully saturated rings. The van der Waals surface area contributed by atoms with Crippen molar-refractivity contribution < 1.29 is 23.8 Å². The maximum atomic E-state index is 13.3. The number of Topliss-reactive ketones (excluding diaryl/α,β-unsaturated/α-hetero) is 1. The van der Waals surface area contributed by atoms with Gasteiger partial charge < -0.3 is 14.7 Å². The van der Waals surface area contributed by atoms with Crippen molar-refractivity contribution in [1.82, 2.24) is 4.90 Å². The van der Waals surface area contributed by atoms with Crippen molar-refractivity contribution in [2.45, 2.75) is 39.8 Å². The smallest absolute Gasteiger partial charge is 0.290 e. The highest BCUT2D eigenvalue weighted by Gasteiger charge is 2.43. The second-order valence-electron chi connectivity index (χ2n) is 6.65. The van der Waals surface area contributed by atoms with Crippen molar-refractivity contribution in [3.8, 4) is 0 Å². The van der Waals surface area contributed by atoms with E-state index in [1.807, 2.05) is 13.8 Å². The molecule has 0 aromatic heterocycles. The van der Waals surface area contributed by atoms with Crippen LogP contribution < -0.4 is 0 Å². The van der Waals surface area contributed by atoms with Gasteiger partial charge in [0, 0.05) is 12.5 Å². The standard InChI is InChI=1S/C19H24FNO4/c1-11(2)17(22)15-16(13-5-7-14(20)8-6-13)21(19(24)18(15)23)9-10-25-12(3)4/h5-8,11-12,16,23H,9-10H2,1-4H3. The fourth-order valence-electron chi connectivity index (χ4n) is 2.83. The Morgan fingerprint density at radius 3 is 2.36 bits per heavy atom. The van der Waals surface area contributed by atoms with E-state index in [1.54, 1.807) is 13.8 Å². The first-order chi connectivity index (χ1) is 11.7. The average Bonchev–Trinajstić information content (AvgIpc) is 2.79. The fourth-order valence-corrected chi connectivity index (χ4v) is 2.83. The van der Waals surface area contributed by atoms with E-state index in [0.717, 1.165) is 0 Å². The summed E-state index contributed by atoms with van der Waals surface area (Å²) in [5, 5.41) is 10.3. The lowest BCUT2D eigenvalue weighted by Crippen LogP contribution is -2.34. The molecular formula is C19H24FNO4. The van der Waals surface area contributed by atoms with E-state index in [1.165, 1.54) is 29.2 Å². The summed E-state index contributed by atoms with van der Waals surface area (Å²) in [6.45, 7) is 7.67. The zero-order valence-corrected chi connectivity index (χ0v) is 15.0. The number of carbonyl (C=O) groups excluding carboxylic acids is 2. The number of ether oxygens (including phenoxy) is 1. The van der Waals surface area contributed by atoms with Gasteiger partial charge in [-0.15, -0.1) is 0 Å². The third-order valence-electron chi connectivity index (χ3n) is 4.06. The van der Waals surface area contributed by atoms with Crippen molar-refractivity contribution in [3.05, 3.63) is 47.0 Å². The number of ketones is 1. The number of carbonyl (C=O) groups is 2. The molecule has 136 valence electrons. The molecule has 0 saturated heterocycles. The van der Waals surface area contributed by atoms with Crippen LogP contribution >= 0.6 is 0 Å². The van der Waals surface area contributed by atoms with Crippen molar-refractivity contribution in [2.24, 2.45) is 5.92 Å². The van der Waals surface area contributed by atoms with Gasteiger partial charge in [-0.2, -0.15) is 0 Å². The van der Waals surface area contributed by atoms with Crippen molar-refractivity contribution in [1.29, 1.82) is 0 Å². The van der Waals surface area contributed by atoms with Gasteiger partial charge in [-0.25, -0.2) is 4.39 Å². The van der Waals surface area contributed by atoms with E-state index < -0.39 is 23.5 Å². The van der Waals surface area contributed by atoms with Gasteiger partial charge in [0.05, 0.1) is 24.3 Å². The molecule has 6 heteroatoms. The highest BCUT2D eigenvalue weighted by atomic mass is 19.1. The summed E-state index contributed by atoms with van der Waals surface area (Å²) in [7, 11) is 0. The minimum Gasteiger partial charge on any atom is -0.503 e. The summed E-state index contributed by atoms with van der Waals surface area (Å²) in [4.78, 5) is 26.5. The molecule has 1 atom stereocenters. The summed E-state index contributed by atoms with van der Waals surface area (Å²) in [5.74, 6) is -2.22. The van der Waals surface area contributed by atoms with E-state index >= 15 is 0 Å². The van der Waals surface area contributed by atoms with E-state index in [4.69, 9.17) is 4.74 Å². The quantitative estimate of drug-likeness (QED) is 0.821. The topological polar surface area (TPSA) is 66.8 Å². The van der Waals surface area contributed by atoms with Crippen LogP contribution in [-0.2, 0) is 14.3 Å². The molecule has 1 aliphatic heterocycles. The molecule has 1 aromatic carbocycles. The number of halogens is 1. The number of benzene rings is 1. The molecule has 1 heterocycles. The number of hydrogen-bond acceptors (Lipinski definition) is 4. The second-order valence-corrected chi connectivity index (χ2v) is 6.65. The number of rotatable bonds is 7. The summed E-state index contributed by atoms with van der Waals surface area (Å²) in [6.07, 6.45) is 0.000277. The van der Waals surface area contributed by atoms with Gasteiger partial charge in [0.2, 0.25) is 0 Å². The van der Waals surface area contributed by atoms with Gasteiger partial charge >= 0.3 is 0 Å². The molecule has 0 saturated carbocycles. The molecule has 0 spiro atoms. The van der Waals surface area contributed by atoms with Gasteiger partial charge in [0.25, 0.3) is 5.91 Å². The molecule has 1 aliphatic rings. The number of aliphatic hydroxyl groups excluding tert-OH is 1. The molecule has 2 rings (SSSR count). The monoisotopic (exact) mass is 349 g/mol. The number of hydrogen-bond donors (Lipinski definition) is 1. The number of aliphatic hydroxyl groups is 1.